The predicted octanol–water partition coefficient (Wildman–Crippen LogP) is 1.02. The quantitative estimate of drug-likeness (QED) is 0.403. The Morgan fingerprint density at radius 1 is 1.53 bits per heavy atom. The topological polar surface area (TPSA) is 110 Å². The number of rotatable bonds is 5. The van der Waals surface area contributed by atoms with E-state index in [9.17, 15) is 14.9 Å². The first kappa shape index (κ1) is 12.9. The summed E-state index contributed by atoms with van der Waals surface area (Å²) in [5.41, 5.74) is 2.48. The van der Waals surface area contributed by atoms with Crippen LogP contribution in [0.25, 0.3) is 0 Å². The Bertz CT molecular complexity index is 434. The van der Waals surface area contributed by atoms with Crippen molar-refractivity contribution in [3.63, 3.8) is 0 Å². The van der Waals surface area contributed by atoms with E-state index in [4.69, 9.17) is 5.84 Å². The zero-order valence-corrected chi connectivity index (χ0v) is 9.40. The second-order valence-electron chi connectivity index (χ2n) is 3.39. The van der Waals surface area contributed by atoms with Gasteiger partial charge in [-0.2, -0.15) is 0 Å². The number of nitrogens with zero attached hydrogens (tertiary/aromatic N) is 1. The van der Waals surface area contributed by atoms with Crippen molar-refractivity contribution in [3.05, 3.63) is 33.9 Å². The first-order valence-corrected chi connectivity index (χ1v) is 5.13. The predicted molar refractivity (Wildman–Crippen MR) is 63.5 cm³/mol. The summed E-state index contributed by atoms with van der Waals surface area (Å²) in [5.74, 6) is 4.89. The highest BCUT2D eigenvalue weighted by Crippen LogP contribution is 2.24. The lowest BCUT2D eigenvalue weighted by atomic mass is 10.1. The smallest absolute Gasteiger partial charge is 0.293 e. The number of carbonyl (C=O) groups is 1. The number of carbonyl (C=O) groups excluding carboxylic acids is 1. The molecule has 0 saturated carbocycles. The summed E-state index contributed by atoms with van der Waals surface area (Å²) in [4.78, 5) is 21.7. The lowest BCUT2D eigenvalue weighted by molar-refractivity contribution is -0.384. The lowest BCUT2D eigenvalue weighted by Gasteiger charge is -2.06. The maximum atomic E-state index is 11.6. The van der Waals surface area contributed by atoms with Gasteiger partial charge in [-0.3, -0.25) is 20.8 Å². The second-order valence-corrected chi connectivity index (χ2v) is 3.39. The van der Waals surface area contributed by atoms with Crippen LogP contribution in [0.5, 0.6) is 0 Å². The molecule has 0 atom stereocenters. The van der Waals surface area contributed by atoms with Gasteiger partial charge in [0.15, 0.2) is 0 Å². The summed E-state index contributed by atoms with van der Waals surface area (Å²) in [7, 11) is 0. The van der Waals surface area contributed by atoms with Gasteiger partial charge in [0.25, 0.3) is 11.6 Å². The Morgan fingerprint density at radius 3 is 2.76 bits per heavy atom. The van der Waals surface area contributed by atoms with E-state index >= 15 is 0 Å². The molecule has 0 aliphatic carbocycles. The Labute approximate surface area is 98.1 Å². The highest BCUT2D eigenvalue weighted by atomic mass is 16.6. The summed E-state index contributed by atoms with van der Waals surface area (Å²) in [6.07, 6.45) is 0.820. The minimum absolute atomic E-state index is 0.110. The molecule has 4 N–H and O–H groups in total. The average Bonchev–Trinajstić information content (AvgIpc) is 2.34. The van der Waals surface area contributed by atoms with Gasteiger partial charge in [0.05, 0.1) is 4.92 Å². The molecule has 0 aliphatic rings. The minimum Gasteiger partial charge on any atom is -0.352 e. The molecule has 0 aromatic heterocycles. The zero-order chi connectivity index (χ0) is 12.8. The molecule has 0 saturated heterocycles. The first-order chi connectivity index (χ1) is 8.10. The third kappa shape index (κ3) is 3.15. The molecule has 7 heteroatoms. The Morgan fingerprint density at radius 2 is 2.24 bits per heavy atom. The summed E-state index contributed by atoms with van der Waals surface area (Å²) in [6, 6.07) is 3.99. The highest BCUT2D eigenvalue weighted by molar-refractivity contribution is 5.95. The summed E-state index contributed by atoms with van der Waals surface area (Å²) >= 11 is 0. The van der Waals surface area contributed by atoms with Crippen LogP contribution >= 0.6 is 0 Å². The van der Waals surface area contributed by atoms with E-state index in [0.29, 0.717) is 12.1 Å². The number of nitro groups is 1. The fourth-order valence-corrected chi connectivity index (χ4v) is 1.29. The SMILES string of the molecule is CCCNC(=O)c1ccc([N+](=O)[O-])c(NN)c1. The number of nitrogens with one attached hydrogen (secondary N) is 2. The fraction of sp³-hybridized carbons (Fsp3) is 0.300. The van der Waals surface area contributed by atoms with Gasteiger partial charge in [0.1, 0.15) is 5.69 Å². The second kappa shape index (κ2) is 5.80. The van der Waals surface area contributed by atoms with Crippen molar-refractivity contribution in [2.75, 3.05) is 12.0 Å². The number of nitro benzene ring substituents is 1. The summed E-state index contributed by atoms with van der Waals surface area (Å²) in [5, 5.41) is 13.3. The van der Waals surface area contributed by atoms with Crippen molar-refractivity contribution in [2.24, 2.45) is 5.84 Å². The Balaban J connectivity index is 2.97. The van der Waals surface area contributed by atoms with Crippen LogP contribution in [0.4, 0.5) is 11.4 Å². The van der Waals surface area contributed by atoms with Gasteiger partial charge < -0.3 is 10.7 Å². The molecule has 0 bridgehead atoms. The van der Waals surface area contributed by atoms with Crippen LogP contribution in [-0.4, -0.2) is 17.4 Å². The standard InChI is InChI=1S/C10H14N4O3/c1-2-5-12-10(15)7-3-4-9(14(16)17)8(6-7)13-11/h3-4,6,13H,2,5,11H2,1H3,(H,12,15). The number of hydrogen-bond donors (Lipinski definition) is 3. The van der Waals surface area contributed by atoms with Crippen LogP contribution in [0.15, 0.2) is 18.2 Å². The van der Waals surface area contributed by atoms with E-state index in [1.165, 1.54) is 18.2 Å². The third-order valence-corrected chi connectivity index (χ3v) is 2.15. The van der Waals surface area contributed by atoms with Gasteiger partial charge in [-0.15, -0.1) is 0 Å². The first-order valence-electron chi connectivity index (χ1n) is 5.13. The van der Waals surface area contributed by atoms with E-state index in [1.54, 1.807) is 0 Å². The number of anilines is 1. The molecule has 1 amide bonds. The molecule has 1 aromatic rings. The van der Waals surface area contributed by atoms with Crippen LogP contribution in [0.2, 0.25) is 0 Å². The van der Waals surface area contributed by atoms with Crippen LogP contribution < -0.4 is 16.6 Å². The van der Waals surface area contributed by atoms with Crippen molar-refractivity contribution in [1.82, 2.24) is 5.32 Å². The summed E-state index contributed by atoms with van der Waals surface area (Å²) in [6.45, 7) is 2.49. The highest BCUT2D eigenvalue weighted by Gasteiger charge is 2.15. The van der Waals surface area contributed by atoms with Gasteiger partial charge in [-0.05, 0) is 18.6 Å². The van der Waals surface area contributed by atoms with Crippen molar-refractivity contribution >= 4 is 17.3 Å². The average molecular weight is 238 g/mol. The van der Waals surface area contributed by atoms with Crippen molar-refractivity contribution in [3.8, 4) is 0 Å². The molecule has 0 fully saturated rings. The van der Waals surface area contributed by atoms with Crippen LogP contribution in [0.3, 0.4) is 0 Å². The van der Waals surface area contributed by atoms with E-state index in [0.717, 1.165) is 6.42 Å². The molecular formula is C10H14N4O3. The van der Waals surface area contributed by atoms with Gasteiger partial charge in [0, 0.05) is 18.2 Å². The molecule has 0 spiro atoms. The molecule has 0 heterocycles. The number of benzene rings is 1. The van der Waals surface area contributed by atoms with Crippen LogP contribution in [0, 0.1) is 10.1 Å². The number of nitrogens with two attached hydrogens (primary N) is 1. The van der Waals surface area contributed by atoms with Crippen molar-refractivity contribution in [1.29, 1.82) is 0 Å². The van der Waals surface area contributed by atoms with Crippen molar-refractivity contribution < 1.29 is 9.72 Å². The largest absolute Gasteiger partial charge is 0.352 e. The summed E-state index contributed by atoms with van der Waals surface area (Å²) < 4.78 is 0. The number of hydrogen-bond acceptors (Lipinski definition) is 5. The Kier molecular flexibility index (Phi) is 4.41. The normalized spacial score (nSPS) is 9.76. The van der Waals surface area contributed by atoms with Gasteiger partial charge in [0.2, 0.25) is 0 Å². The molecule has 92 valence electrons. The van der Waals surface area contributed by atoms with E-state index in [-0.39, 0.29) is 17.3 Å². The molecule has 0 unspecified atom stereocenters. The van der Waals surface area contributed by atoms with E-state index in [1.807, 2.05) is 6.92 Å². The molecule has 7 nitrogen and oxygen atoms in total. The monoisotopic (exact) mass is 238 g/mol. The third-order valence-electron chi connectivity index (χ3n) is 2.15. The molecule has 17 heavy (non-hydrogen) atoms. The molecule has 1 aromatic carbocycles. The number of hydrazine groups is 1. The fourth-order valence-electron chi connectivity index (χ4n) is 1.29. The number of nitrogen functional groups attached to an aromatic ring is 1. The molecule has 1 rings (SSSR count). The molecule has 0 aliphatic heterocycles. The van der Waals surface area contributed by atoms with E-state index in [2.05, 4.69) is 10.7 Å². The van der Waals surface area contributed by atoms with Crippen LogP contribution in [-0.2, 0) is 0 Å². The molecule has 0 radical (unpaired) electrons. The molecular weight excluding hydrogens is 224 g/mol. The van der Waals surface area contributed by atoms with Gasteiger partial charge in [-0.1, -0.05) is 6.92 Å². The minimum atomic E-state index is -0.567. The Hall–Kier alpha value is -2.15. The van der Waals surface area contributed by atoms with Gasteiger partial charge >= 0.3 is 0 Å². The zero-order valence-electron chi connectivity index (χ0n) is 9.40. The lowest BCUT2D eigenvalue weighted by Crippen LogP contribution is -2.24. The maximum absolute atomic E-state index is 11.6. The van der Waals surface area contributed by atoms with E-state index < -0.39 is 4.92 Å². The van der Waals surface area contributed by atoms with Gasteiger partial charge in [-0.25, -0.2) is 0 Å². The maximum Gasteiger partial charge on any atom is 0.293 e. The number of amides is 1. The van der Waals surface area contributed by atoms with Crippen molar-refractivity contribution in [2.45, 2.75) is 13.3 Å². The van der Waals surface area contributed by atoms with Crippen LogP contribution in [0.1, 0.15) is 23.7 Å².